The number of nitrogens with one attached hydrogen (secondary N) is 2. The fraction of sp³-hybridized carbons (Fsp3) is 0.588. The zero-order valence-corrected chi connectivity index (χ0v) is 14.1. The zero-order valence-electron chi connectivity index (χ0n) is 14.1. The molecule has 1 heterocycles. The second kappa shape index (κ2) is 8.06. The van der Waals surface area contributed by atoms with Crippen molar-refractivity contribution in [2.75, 3.05) is 26.3 Å². The minimum atomic E-state index is -0.476. The molecule has 2 rings (SSSR count). The van der Waals surface area contributed by atoms with E-state index in [1.54, 1.807) is 0 Å². The summed E-state index contributed by atoms with van der Waals surface area (Å²) in [5.41, 5.74) is 0.581. The summed E-state index contributed by atoms with van der Waals surface area (Å²) in [7, 11) is 0. The van der Waals surface area contributed by atoms with Crippen molar-refractivity contribution in [3.05, 3.63) is 23.8 Å². The lowest BCUT2D eigenvalue weighted by Gasteiger charge is -2.19. The summed E-state index contributed by atoms with van der Waals surface area (Å²) in [4.78, 5) is 11.5. The smallest absolute Gasteiger partial charge is 0.407 e. The molecule has 2 N–H and O–H groups in total. The Labute approximate surface area is 137 Å². The highest BCUT2D eigenvalue weighted by Gasteiger charge is 2.16. The number of ether oxygens (including phenoxy) is 3. The van der Waals surface area contributed by atoms with Gasteiger partial charge in [-0.1, -0.05) is 12.1 Å². The normalized spacial score (nSPS) is 14.0. The van der Waals surface area contributed by atoms with Crippen molar-refractivity contribution in [3.63, 3.8) is 0 Å². The first kappa shape index (κ1) is 17.4. The number of amides is 1. The first-order valence-electron chi connectivity index (χ1n) is 8.01. The largest absolute Gasteiger partial charge is 0.490 e. The fourth-order valence-electron chi connectivity index (χ4n) is 2.18. The Morgan fingerprint density at radius 2 is 2.00 bits per heavy atom. The Morgan fingerprint density at radius 1 is 1.22 bits per heavy atom. The van der Waals surface area contributed by atoms with E-state index in [9.17, 15) is 4.79 Å². The van der Waals surface area contributed by atoms with Gasteiger partial charge in [-0.2, -0.15) is 0 Å². The van der Waals surface area contributed by atoms with Gasteiger partial charge >= 0.3 is 6.09 Å². The minimum absolute atomic E-state index is 0.399. The molecule has 1 aromatic rings. The molecule has 0 radical (unpaired) electrons. The number of rotatable bonds is 5. The lowest BCUT2D eigenvalue weighted by Crippen LogP contribution is -2.36. The number of carbonyl (C=O) groups is 1. The Hall–Kier alpha value is -1.95. The molecule has 6 heteroatoms. The van der Waals surface area contributed by atoms with Crippen LogP contribution in [0.2, 0.25) is 0 Å². The van der Waals surface area contributed by atoms with E-state index >= 15 is 0 Å². The van der Waals surface area contributed by atoms with Gasteiger partial charge in [-0.15, -0.1) is 0 Å². The van der Waals surface area contributed by atoms with Crippen molar-refractivity contribution in [3.8, 4) is 11.5 Å². The van der Waals surface area contributed by atoms with Crippen molar-refractivity contribution >= 4 is 6.09 Å². The predicted molar refractivity (Wildman–Crippen MR) is 88.0 cm³/mol. The second-order valence-corrected chi connectivity index (χ2v) is 6.40. The van der Waals surface area contributed by atoms with Crippen LogP contribution in [0.1, 0.15) is 32.8 Å². The van der Waals surface area contributed by atoms with E-state index in [0.29, 0.717) is 32.8 Å². The van der Waals surface area contributed by atoms with Crippen LogP contribution < -0.4 is 20.1 Å². The minimum Gasteiger partial charge on any atom is -0.490 e. The summed E-state index contributed by atoms with van der Waals surface area (Å²) in [6, 6.07) is 5.90. The molecule has 0 unspecified atom stereocenters. The van der Waals surface area contributed by atoms with Crippen LogP contribution in [-0.4, -0.2) is 38.0 Å². The number of benzene rings is 1. The molecule has 6 nitrogen and oxygen atoms in total. The number of carbonyl (C=O) groups excluding carboxylic acids is 1. The number of fused-ring (bicyclic) bond motifs is 1. The third kappa shape index (κ3) is 5.98. The van der Waals surface area contributed by atoms with E-state index in [-0.39, 0.29) is 0 Å². The average Bonchev–Trinajstić information content (AvgIpc) is 2.70. The first-order valence-corrected chi connectivity index (χ1v) is 8.01. The van der Waals surface area contributed by atoms with E-state index in [0.717, 1.165) is 23.5 Å². The molecular weight excluding hydrogens is 296 g/mol. The van der Waals surface area contributed by atoms with Gasteiger partial charge < -0.3 is 24.8 Å². The number of hydrogen-bond donors (Lipinski definition) is 2. The summed E-state index contributed by atoms with van der Waals surface area (Å²) < 4.78 is 16.6. The summed E-state index contributed by atoms with van der Waals surface area (Å²) in [6.45, 7) is 8.68. The van der Waals surface area contributed by atoms with Crippen LogP contribution in [0.3, 0.4) is 0 Å². The molecule has 0 saturated carbocycles. The highest BCUT2D eigenvalue weighted by Crippen LogP contribution is 2.32. The van der Waals surface area contributed by atoms with Crippen LogP contribution in [0.15, 0.2) is 18.2 Å². The molecule has 1 aliphatic heterocycles. The molecule has 1 aromatic carbocycles. The van der Waals surface area contributed by atoms with Crippen LogP contribution >= 0.6 is 0 Å². The number of alkyl carbamates (subject to hydrolysis) is 1. The van der Waals surface area contributed by atoms with E-state index < -0.39 is 11.7 Å². The summed E-state index contributed by atoms with van der Waals surface area (Å²) >= 11 is 0. The lowest BCUT2D eigenvalue weighted by atomic mass is 10.2. The molecule has 23 heavy (non-hydrogen) atoms. The van der Waals surface area contributed by atoms with Crippen LogP contribution in [0.25, 0.3) is 0 Å². The SMILES string of the molecule is CC(C)(C)OC(=O)NCCNCc1cccc2c1OCCCO2. The Bertz CT molecular complexity index is 526. The summed E-state index contributed by atoms with van der Waals surface area (Å²) in [5, 5.41) is 6.00. The molecule has 0 atom stereocenters. The molecule has 128 valence electrons. The van der Waals surface area contributed by atoms with Gasteiger partial charge in [0.05, 0.1) is 13.2 Å². The quantitative estimate of drug-likeness (QED) is 0.815. The molecule has 0 aliphatic carbocycles. The lowest BCUT2D eigenvalue weighted by molar-refractivity contribution is 0.0528. The average molecular weight is 322 g/mol. The topological polar surface area (TPSA) is 68.8 Å². The van der Waals surface area contributed by atoms with E-state index in [1.807, 2.05) is 39.0 Å². The molecule has 0 fully saturated rings. The fourth-order valence-corrected chi connectivity index (χ4v) is 2.18. The third-order valence-electron chi connectivity index (χ3n) is 3.14. The van der Waals surface area contributed by atoms with Crippen molar-refractivity contribution in [1.82, 2.24) is 10.6 Å². The standard InChI is InChI=1S/C17H26N2O4/c1-17(2,3)23-16(20)19-9-8-18-12-13-6-4-7-14-15(13)22-11-5-10-21-14/h4,6-7,18H,5,8-12H2,1-3H3,(H,19,20). The van der Waals surface area contributed by atoms with E-state index in [2.05, 4.69) is 10.6 Å². The Kier molecular flexibility index (Phi) is 6.10. The first-order chi connectivity index (χ1) is 11.0. The van der Waals surface area contributed by atoms with Crippen molar-refractivity contribution in [2.24, 2.45) is 0 Å². The van der Waals surface area contributed by atoms with Gasteiger partial charge in [0.1, 0.15) is 5.60 Å². The van der Waals surface area contributed by atoms with Gasteiger partial charge in [0.25, 0.3) is 0 Å². The van der Waals surface area contributed by atoms with Crippen molar-refractivity contribution in [1.29, 1.82) is 0 Å². The molecule has 0 bridgehead atoms. The van der Waals surface area contributed by atoms with Crippen LogP contribution in [0.5, 0.6) is 11.5 Å². The van der Waals surface area contributed by atoms with E-state index in [1.165, 1.54) is 0 Å². The molecule has 0 spiro atoms. The van der Waals surface area contributed by atoms with Crippen LogP contribution in [-0.2, 0) is 11.3 Å². The maximum Gasteiger partial charge on any atom is 0.407 e. The van der Waals surface area contributed by atoms with Gasteiger partial charge in [0.15, 0.2) is 11.5 Å². The molecular formula is C17H26N2O4. The summed E-state index contributed by atoms with van der Waals surface area (Å²) in [6.07, 6.45) is 0.492. The summed E-state index contributed by atoms with van der Waals surface area (Å²) in [5.74, 6) is 1.62. The Balaban J connectivity index is 1.74. The molecule has 0 aromatic heterocycles. The maximum atomic E-state index is 11.5. The van der Waals surface area contributed by atoms with Gasteiger partial charge in [-0.3, -0.25) is 0 Å². The van der Waals surface area contributed by atoms with Crippen molar-refractivity contribution < 1.29 is 19.0 Å². The monoisotopic (exact) mass is 322 g/mol. The van der Waals surface area contributed by atoms with Crippen LogP contribution in [0, 0.1) is 0 Å². The van der Waals surface area contributed by atoms with Crippen molar-refractivity contribution in [2.45, 2.75) is 39.3 Å². The number of para-hydroxylation sites is 1. The third-order valence-corrected chi connectivity index (χ3v) is 3.14. The number of hydrogen-bond acceptors (Lipinski definition) is 5. The van der Waals surface area contributed by atoms with Crippen LogP contribution in [0.4, 0.5) is 4.79 Å². The van der Waals surface area contributed by atoms with Gasteiger partial charge in [0, 0.05) is 31.6 Å². The highest BCUT2D eigenvalue weighted by atomic mass is 16.6. The highest BCUT2D eigenvalue weighted by molar-refractivity contribution is 5.67. The Morgan fingerprint density at radius 3 is 2.78 bits per heavy atom. The zero-order chi connectivity index (χ0) is 16.7. The van der Waals surface area contributed by atoms with Gasteiger partial charge in [0.2, 0.25) is 0 Å². The molecule has 1 amide bonds. The molecule has 1 aliphatic rings. The molecule has 0 saturated heterocycles. The second-order valence-electron chi connectivity index (χ2n) is 6.40. The van der Waals surface area contributed by atoms with Gasteiger partial charge in [-0.25, -0.2) is 4.79 Å². The van der Waals surface area contributed by atoms with E-state index in [4.69, 9.17) is 14.2 Å². The maximum absolute atomic E-state index is 11.5. The van der Waals surface area contributed by atoms with Gasteiger partial charge in [-0.05, 0) is 26.8 Å². The predicted octanol–water partition coefficient (Wildman–Crippen LogP) is 2.46.